The van der Waals surface area contributed by atoms with E-state index in [1.807, 2.05) is 13.8 Å². The van der Waals surface area contributed by atoms with Crippen molar-refractivity contribution in [1.82, 2.24) is 0 Å². The van der Waals surface area contributed by atoms with E-state index in [-0.39, 0.29) is 0 Å². The smallest absolute Gasteiger partial charge is 0.320 e. The highest BCUT2D eigenvalue weighted by molar-refractivity contribution is 5.72. The monoisotopic (exact) mass is 145 g/mol. The van der Waals surface area contributed by atoms with Crippen molar-refractivity contribution in [2.75, 3.05) is 0 Å². The summed E-state index contributed by atoms with van der Waals surface area (Å²) in [6.07, 6.45) is 1.56. The number of hydrogen-bond acceptors (Lipinski definition) is 2. The molecule has 0 fully saturated rings. The van der Waals surface area contributed by atoms with E-state index in [2.05, 4.69) is 0 Å². The van der Waals surface area contributed by atoms with Gasteiger partial charge >= 0.3 is 5.97 Å². The van der Waals surface area contributed by atoms with Gasteiger partial charge in [-0.3, -0.25) is 4.79 Å². The molecular weight excluding hydrogens is 130 g/mol. The molecule has 0 saturated carbocycles. The number of hydrogen-bond donors (Lipinski definition) is 2. The summed E-state index contributed by atoms with van der Waals surface area (Å²) >= 11 is 0. The number of rotatable bonds is 4. The van der Waals surface area contributed by atoms with Crippen molar-refractivity contribution in [3.63, 3.8) is 0 Å². The first kappa shape index (κ1) is 9.43. The van der Waals surface area contributed by atoms with Gasteiger partial charge in [-0.25, -0.2) is 0 Å². The fourth-order valence-corrected chi connectivity index (χ4v) is 0.701. The average Bonchev–Trinajstić information content (AvgIpc) is 1.87. The van der Waals surface area contributed by atoms with Crippen LogP contribution in [0.1, 0.15) is 26.7 Å². The minimum atomic E-state index is -0.902. The Hall–Kier alpha value is -0.570. The van der Waals surface area contributed by atoms with Crippen molar-refractivity contribution >= 4 is 5.97 Å². The van der Waals surface area contributed by atoms with Gasteiger partial charge in [-0.05, 0) is 12.3 Å². The highest BCUT2D eigenvalue weighted by atomic mass is 16.4. The maximum absolute atomic E-state index is 10.2. The lowest BCUT2D eigenvalue weighted by molar-refractivity contribution is -0.138. The Morgan fingerprint density at radius 1 is 1.70 bits per heavy atom. The summed E-state index contributed by atoms with van der Waals surface area (Å²) in [5.74, 6) is -0.494. The quantitative estimate of drug-likeness (QED) is 0.616. The Kier molecular flexibility index (Phi) is 4.03. The van der Waals surface area contributed by atoms with Gasteiger partial charge in [0.25, 0.3) is 0 Å². The standard InChI is InChI=1S/C7H15NO2/c1-3-5(2)4-6(8)7(9)10/h5-6H,3-4,8H2,1-2H3,(H,9,10)/t5-,6+/m0/s1. The molecule has 0 saturated heterocycles. The van der Waals surface area contributed by atoms with E-state index in [0.29, 0.717) is 12.3 Å². The summed E-state index contributed by atoms with van der Waals surface area (Å²) in [6, 6.07) is -0.685. The molecule has 0 heterocycles. The van der Waals surface area contributed by atoms with Gasteiger partial charge in [0.1, 0.15) is 6.04 Å². The predicted molar refractivity (Wildman–Crippen MR) is 39.7 cm³/mol. The van der Waals surface area contributed by atoms with Crippen LogP contribution in [0.15, 0.2) is 0 Å². The lowest BCUT2D eigenvalue weighted by atomic mass is 10.0. The number of carboxylic acid groups (broad SMARTS) is 1. The Morgan fingerprint density at radius 2 is 2.20 bits per heavy atom. The van der Waals surface area contributed by atoms with E-state index >= 15 is 0 Å². The van der Waals surface area contributed by atoms with Crippen LogP contribution in [0.2, 0.25) is 0 Å². The van der Waals surface area contributed by atoms with Crippen molar-refractivity contribution in [2.45, 2.75) is 32.7 Å². The molecule has 0 aromatic carbocycles. The third-order valence-corrected chi connectivity index (χ3v) is 1.67. The molecule has 0 aliphatic rings. The van der Waals surface area contributed by atoms with E-state index in [1.165, 1.54) is 0 Å². The molecule has 0 amide bonds. The van der Waals surface area contributed by atoms with Crippen molar-refractivity contribution in [1.29, 1.82) is 0 Å². The van der Waals surface area contributed by atoms with Crippen LogP contribution in [-0.2, 0) is 4.79 Å². The van der Waals surface area contributed by atoms with Crippen LogP contribution >= 0.6 is 0 Å². The van der Waals surface area contributed by atoms with Gasteiger partial charge in [0.15, 0.2) is 0 Å². The van der Waals surface area contributed by atoms with Crippen LogP contribution in [0.5, 0.6) is 0 Å². The van der Waals surface area contributed by atoms with Crippen molar-refractivity contribution in [3.8, 4) is 0 Å². The molecule has 0 radical (unpaired) electrons. The molecule has 0 rings (SSSR count). The number of aliphatic carboxylic acids is 1. The van der Waals surface area contributed by atoms with Gasteiger partial charge < -0.3 is 10.8 Å². The predicted octanol–water partition coefficient (Wildman–Crippen LogP) is 0.834. The summed E-state index contributed by atoms with van der Waals surface area (Å²) in [7, 11) is 0. The summed E-state index contributed by atoms with van der Waals surface area (Å²) in [6.45, 7) is 4.03. The van der Waals surface area contributed by atoms with Crippen LogP contribution < -0.4 is 5.73 Å². The van der Waals surface area contributed by atoms with Gasteiger partial charge in [0.2, 0.25) is 0 Å². The molecule has 0 aromatic heterocycles. The van der Waals surface area contributed by atoms with Gasteiger partial charge in [0.05, 0.1) is 0 Å². The molecule has 3 heteroatoms. The highest BCUT2D eigenvalue weighted by Crippen LogP contribution is 2.07. The minimum Gasteiger partial charge on any atom is -0.480 e. The average molecular weight is 145 g/mol. The van der Waals surface area contributed by atoms with Crippen molar-refractivity contribution in [2.24, 2.45) is 11.7 Å². The van der Waals surface area contributed by atoms with Crippen molar-refractivity contribution in [3.05, 3.63) is 0 Å². The third-order valence-electron chi connectivity index (χ3n) is 1.67. The first-order valence-electron chi connectivity index (χ1n) is 3.56. The molecule has 0 aliphatic carbocycles. The minimum absolute atomic E-state index is 0.408. The van der Waals surface area contributed by atoms with Gasteiger partial charge in [-0.2, -0.15) is 0 Å². The zero-order chi connectivity index (χ0) is 8.15. The van der Waals surface area contributed by atoms with E-state index in [4.69, 9.17) is 10.8 Å². The number of carboxylic acids is 1. The first-order chi connectivity index (χ1) is 4.57. The van der Waals surface area contributed by atoms with E-state index in [1.54, 1.807) is 0 Å². The number of nitrogens with two attached hydrogens (primary N) is 1. The van der Waals surface area contributed by atoms with E-state index < -0.39 is 12.0 Å². The largest absolute Gasteiger partial charge is 0.480 e. The van der Waals surface area contributed by atoms with Crippen LogP contribution in [0.3, 0.4) is 0 Å². The fourth-order valence-electron chi connectivity index (χ4n) is 0.701. The molecule has 60 valence electrons. The Morgan fingerprint density at radius 3 is 2.50 bits per heavy atom. The lowest BCUT2D eigenvalue weighted by Gasteiger charge is -2.10. The maximum atomic E-state index is 10.2. The molecule has 0 unspecified atom stereocenters. The summed E-state index contributed by atoms with van der Waals surface area (Å²) < 4.78 is 0. The third kappa shape index (κ3) is 3.45. The molecule has 0 aromatic rings. The molecule has 0 aliphatic heterocycles. The zero-order valence-corrected chi connectivity index (χ0v) is 6.50. The Bertz CT molecular complexity index is 114. The molecule has 0 bridgehead atoms. The van der Waals surface area contributed by atoms with Crippen LogP contribution in [0.25, 0.3) is 0 Å². The van der Waals surface area contributed by atoms with E-state index in [0.717, 1.165) is 6.42 Å². The zero-order valence-electron chi connectivity index (χ0n) is 6.50. The molecule has 3 nitrogen and oxygen atoms in total. The topological polar surface area (TPSA) is 63.3 Å². The van der Waals surface area contributed by atoms with Gasteiger partial charge in [-0.15, -0.1) is 0 Å². The molecule has 10 heavy (non-hydrogen) atoms. The van der Waals surface area contributed by atoms with Gasteiger partial charge in [-0.1, -0.05) is 20.3 Å². The molecule has 0 spiro atoms. The van der Waals surface area contributed by atoms with Crippen molar-refractivity contribution < 1.29 is 9.90 Å². The molecule has 3 N–H and O–H groups in total. The Balaban J connectivity index is 3.56. The summed E-state index contributed by atoms with van der Waals surface area (Å²) in [5.41, 5.74) is 5.29. The normalized spacial score (nSPS) is 16.3. The molecular formula is C7H15NO2. The maximum Gasteiger partial charge on any atom is 0.320 e. The SMILES string of the molecule is CC[C@H](C)C[C@@H](N)C(=O)O. The van der Waals surface area contributed by atoms with Crippen LogP contribution in [-0.4, -0.2) is 17.1 Å². The second-order valence-electron chi connectivity index (χ2n) is 2.69. The van der Waals surface area contributed by atoms with Crippen LogP contribution in [0, 0.1) is 5.92 Å². The Labute approximate surface area is 61.2 Å². The van der Waals surface area contributed by atoms with Gasteiger partial charge in [0, 0.05) is 0 Å². The second-order valence-corrected chi connectivity index (χ2v) is 2.69. The number of carbonyl (C=O) groups is 1. The molecule has 2 atom stereocenters. The lowest BCUT2D eigenvalue weighted by Crippen LogP contribution is -2.31. The van der Waals surface area contributed by atoms with E-state index in [9.17, 15) is 4.79 Å². The first-order valence-corrected chi connectivity index (χ1v) is 3.56. The summed E-state index contributed by atoms with van der Waals surface area (Å²) in [4.78, 5) is 10.2. The second kappa shape index (κ2) is 4.28. The fraction of sp³-hybridized carbons (Fsp3) is 0.857. The highest BCUT2D eigenvalue weighted by Gasteiger charge is 2.13. The summed E-state index contributed by atoms with van der Waals surface area (Å²) in [5, 5.41) is 8.40. The van der Waals surface area contributed by atoms with Crippen LogP contribution in [0.4, 0.5) is 0 Å².